The molecule has 0 spiro atoms. The number of rotatable bonds is 4. The van der Waals surface area contributed by atoms with Gasteiger partial charge in [0.2, 0.25) is 0 Å². The van der Waals surface area contributed by atoms with Crippen LogP contribution in [0, 0.1) is 0 Å². The number of aromatic nitrogens is 2. The lowest BCUT2D eigenvalue weighted by Gasteiger charge is -2.11. The highest BCUT2D eigenvalue weighted by Gasteiger charge is 2.09. The van der Waals surface area contributed by atoms with E-state index in [1.165, 1.54) is 0 Å². The van der Waals surface area contributed by atoms with E-state index in [1.807, 2.05) is 18.2 Å². The average molecular weight is 320 g/mol. The number of nitrogens with one attached hydrogen (secondary N) is 1. The number of hydrogen-bond donors (Lipinski definition) is 1. The summed E-state index contributed by atoms with van der Waals surface area (Å²) in [5.74, 6) is 2.07. The Morgan fingerprint density at radius 2 is 1.84 bits per heavy atom. The lowest BCUT2D eigenvalue weighted by Crippen LogP contribution is -2.05. The molecular formula is C15H18BrN3. The van der Waals surface area contributed by atoms with Crippen LogP contribution in [0.2, 0.25) is 0 Å². The Hall–Kier alpha value is -1.42. The monoisotopic (exact) mass is 319 g/mol. The molecule has 1 N–H and O–H groups in total. The Bertz CT molecular complexity index is 550. The van der Waals surface area contributed by atoms with Crippen molar-refractivity contribution in [1.29, 1.82) is 0 Å². The van der Waals surface area contributed by atoms with E-state index in [1.54, 1.807) is 0 Å². The van der Waals surface area contributed by atoms with Crippen molar-refractivity contribution in [2.75, 3.05) is 11.9 Å². The van der Waals surface area contributed by atoms with Gasteiger partial charge in [0.25, 0.3) is 0 Å². The predicted molar refractivity (Wildman–Crippen MR) is 83.4 cm³/mol. The van der Waals surface area contributed by atoms with E-state index in [0.29, 0.717) is 5.92 Å². The van der Waals surface area contributed by atoms with Crippen molar-refractivity contribution in [3.8, 4) is 11.3 Å². The second kappa shape index (κ2) is 6.15. The fourth-order valence-corrected chi connectivity index (χ4v) is 2.03. The minimum absolute atomic E-state index is 0.313. The quantitative estimate of drug-likeness (QED) is 0.904. The van der Waals surface area contributed by atoms with Gasteiger partial charge in [0.1, 0.15) is 11.6 Å². The molecule has 3 nitrogen and oxygen atoms in total. The molecule has 0 radical (unpaired) electrons. The topological polar surface area (TPSA) is 37.8 Å². The molecule has 0 atom stereocenters. The van der Waals surface area contributed by atoms with Crippen LogP contribution < -0.4 is 5.32 Å². The highest BCUT2D eigenvalue weighted by Crippen LogP contribution is 2.24. The molecule has 0 aliphatic carbocycles. The zero-order chi connectivity index (χ0) is 13.8. The van der Waals surface area contributed by atoms with Crippen LogP contribution in [0.5, 0.6) is 0 Å². The standard InChI is InChI=1S/C15H18BrN3/c1-4-17-14-9-13(18-15(19-14)10(2)3)11-5-7-12(16)8-6-11/h5-10H,4H2,1-3H3,(H,17,18,19). The van der Waals surface area contributed by atoms with Gasteiger partial charge in [-0.15, -0.1) is 0 Å². The van der Waals surface area contributed by atoms with Gasteiger partial charge in [0.05, 0.1) is 5.69 Å². The second-order valence-electron chi connectivity index (χ2n) is 4.69. The van der Waals surface area contributed by atoms with E-state index in [4.69, 9.17) is 0 Å². The highest BCUT2D eigenvalue weighted by atomic mass is 79.9. The van der Waals surface area contributed by atoms with E-state index in [2.05, 4.69) is 64.1 Å². The molecule has 0 bridgehead atoms. The Morgan fingerprint density at radius 3 is 2.42 bits per heavy atom. The lowest BCUT2D eigenvalue weighted by atomic mass is 10.1. The molecule has 1 heterocycles. The van der Waals surface area contributed by atoms with Gasteiger partial charge < -0.3 is 5.32 Å². The molecule has 2 aromatic rings. The molecule has 2 rings (SSSR count). The lowest BCUT2D eigenvalue weighted by molar-refractivity contribution is 0.776. The van der Waals surface area contributed by atoms with E-state index in [0.717, 1.165) is 33.9 Å². The van der Waals surface area contributed by atoms with Crippen LogP contribution in [0.4, 0.5) is 5.82 Å². The molecule has 0 aliphatic rings. The van der Waals surface area contributed by atoms with Crippen LogP contribution in [0.3, 0.4) is 0 Å². The summed E-state index contributed by atoms with van der Waals surface area (Å²) >= 11 is 3.45. The normalized spacial score (nSPS) is 10.8. The third kappa shape index (κ3) is 3.53. The highest BCUT2D eigenvalue weighted by molar-refractivity contribution is 9.10. The van der Waals surface area contributed by atoms with E-state index in [9.17, 15) is 0 Å². The number of halogens is 1. The molecule has 0 saturated carbocycles. The molecule has 0 aliphatic heterocycles. The summed E-state index contributed by atoms with van der Waals surface area (Å²) in [4.78, 5) is 9.18. The first-order chi connectivity index (χ1) is 9.10. The second-order valence-corrected chi connectivity index (χ2v) is 5.60. The molecule has 0 saturated heterocycles. The minimum atomic E-state index is 0.313. The largest absolute Gasteiger partial charge is 0.370 e. The maximum Gasteiger partial charge on any atom is 0.133 e. The van der Waals surface area contributed by atoms with Gasteiger partial charge in [-0.3, -0.25) is 0 Å². The Morgan fingerprint density at radius 1 is 1.16 bits per heavy atom. The van der Waals surface area contributed by atoms with Gasteiger partial charge in [0, 0.05) is 28.6 Å². The molecular weight excluding hydrogens is 302 g/mol. The number of hydrogen-bond acceptors (Lipinski definition) is 3. The summed E-state index contributed by atoms with van der Waals surface area (Å²) in [5, 5.41) is 3.26. The third-order valence-electron chi connectivity index (χ3n) is 2.76. The van der Waals surface area contributed by atoms with Gasteiger partial charge in [-0.1, -0.05) is 41.9 Å². The van der Waals surface area contributed by atoms with Crippen LogP contribution in [-0.4, -0.2) is 16.5 Å². The molecule has 4 heteroatoms. The summed E-state index contributed by atoms with van der Waals surface area (Å²) in [6, 6.07) is 10.2. The smallest absolute Gasteiger partial charge is 0.133 e. The van der Waals surface area contributed by atoms with Crippen LogP contribution in [0.25, 0.3) is 11.3 Å². The van der Waals surface area contributed by atoms with E-state index in [-0.39, 0.29) is 0 Å². The van der Waals surface area contributed by atoms with Crippen molar-refractivity contribution in [1.82, 2.24) is 9.97 Å². The van der Waals surface area contributed by atoms with E-state index >= 15 is 0 Å². The Balaban J connectivity index is 2.46. The van der Waals surface area contributed by atoms with Gasteiger partial charge in [-0.05, 0) is 19.1 Å². The van der Waals surface area contributed by atoms with Crippen molar-refractivity contribution in [3.05, 3.63) is 40.6 Å². The third-order valence-corrected chi connectivity index (χ3v) is 3.29. The minimum Gasteiger partial charge on any atom is -0.370 e. The first-order valence-electron chi connectivity index (χ1n) is 6.49. The Kier molecular flexibility index (Phi) is 4.53. The van der Waals surface area contributed by atoms with Crippen LogP contribution >= 0.6 is 15.9 Å². The summed E-state index contributed by atoms with van der Waals surface area (Å²) in [7, 11) is 0. The summed E-state index contributed by atoms with van der Waals surface area (Å²) in [6.07, 6.45) is 0. The first-order valence-corrected chi connectivity index (χ1v) is 7.28. The zero-order valence-corrected chi connectivity index (χ0v) is 13.0. The van der Waals surface area contributed by atoms with Crippen molar-refractivity contribution in [3.63, 3.8) is 0 Å². The molecule has 0 fully saturated rings. The Labute approximate surface area is 122 Å². The molecule has 0 unspecified atom stereocenters. The van der Waals surface area contributed by atoms with E-state index < -0.39 is 0 Å². The zero-order valence-electron chi connectivity index (χ0n) is 11.4. The van der Waals surface area contributed by atoms with Gasteiger partial charge in [-0.2, -0.15) is 0 Å². The summed E-state index contributed by atoms with van der Waals surface area (Å²) in [5.41, 5.74) is 2.06. The predicted octanol–water partition coefficient (Wildman–Crippen LogP) is 4.46. The van der Waals surface area contributed by atoms with Gasteiger partial charge in [0.15, 0.2) is 0 Å². The van der Waals surface area contributed by atoms with Crippen molar-refractivity contribution < 1.29 is 0 Å². The molecule has 1 aromatic heterocycles. The van der Waals surface area contributed by atoms with Gasteiger partial charge in [-0.25, -0.2) is 9.97 Å². The molecule has 100 valence electrons. The number of nitrogens with zero attached hydrogens (tertiary/aromatic N) is 2. The molecule has 19 heavy (non-hydrogen) atoms. The van der Waals surface area contributed by atoms with Crippen LogP contribution in [-0.2, 0) is 0 Å². The average Bonchev–Trinajstić information content (AvgIpc) is 2.39. The SMILES string of the molecule is CCNc1cc(-c2ccc(Br)cc2)nc(C(C)C)n1. The number of benzene rings is 1. The number of anilines is 1. The van der Waals surface area contributed by atoms with Crippen molar-refractivity contribution in [2.45, 2.75) is 26.7 Å². The summed E-state index contributed by atoms with van der Waals surface area (Å²) < 4.78 is 1.07. The van der Waals surface area contributed by atoms with Crippen LogP contribution in [0.1, 0.15) is 32.5 Å². The fourth-order valence-electron chi connectivity index (χ4n) is 1.76. The maximum atomic E-state index is 4.65. The van der Waals surface area contributed by atoms with Gasteiger partial charge >= 0.3 is 0 Å². The summed E-state index contributed by atoms with van der Waals surface area (Å²) in [6.45, 7) is 7.14. The maximum absolute atomic E-state index is 4.65. The van der Waals surface area contributed by atoms with Crippen LogP contribution in [0.15, 0.2) is 34.8 Å². The van der Waals surface area contributed by atoms with Crippen molar-refractivity contribution in [2.24, 2.45) is 0 Å². The fraction of sp³-hybridized carbons (Fsp3) is 0.333. The molecule has 0 amide bonds. The molecule has 1 aromatic carbocycles. The van der Waals surface area contributed by atoms with Crippen molar-refractivity contribution >= 4 is 21.7 Å². The first kappa shape index (κ1) is 14.0.